The van der Waals surface area contributed by atoms with Crippen LogP contribution in [0.5, 0.6) is 0 Å². The molecule has 0 saturated heterocycles. The zero-order valence-electron chi connectivity index (χ0n) is 18.9. The maximum Gasteiger partial charge on any atom is 0.251 e. The first-order valence-corrected chi connectivity index (χ1v) is 11.2. The smallest absolute Gasteiger partial charge is 0.251 e. The maximum atomic E-state index is 12.9. The fourth-order valence-electron chi connectivity index (χ4n) is 4.14. The lowest BCUT2D eigenvalue weighted by molar-refractivity contribution is 0.0950. The van der Waals surface area contributed by atoms with Crippen LogP contribution in [0.2, 0.25) is 0 Å². The Kier molecular flexibility index (Phi) is 5.03. The standard InChI is InChI=1S/C27H21N7O/c1-17-5-4-8-22(31-17)26-25(21-11-12-24-29-16-30-34(24)15-21)32-23(33-26)14-28-27(35)20-10-9-18-6-2-3-7-19(18)13-20/h2-13,15-16H,14H2,1H3,(H,28,35)(H,32,33). The number of aromatic amines is 1. The van der Waals surface area contributed by atoms with E-state index in [0.29, 0.717) is 11.4 Å². The normalized spacial score (nSPS) is 11.2. The number of pyridine rings is 2. The van der Waals surface area contributed by atoms with Crippen LogP contribution in [0.25, 0.3) is 39.1 Å². The van der Waals surface area contributed by atoms with Gasteiger partial charge in [-0.15, -0.1) is 0 Å². The van der Waals surface area contributed by atoms with E-state index in [2.05, 4.69) is 25.4 Å². The minimum absolute atomic E-state index is 0.159. The number of benzene rings is 2. The van der Waals surface area contributed by atoms with E-state index >= 15 is 0 Å². The average Bonchev–Trinajstić information content (AvgIpc) is 3.53. The molecule has 2 aromatic carbocycles. The van der Waals surface area contributed by atoms with Crippen LogP contribution in [-0.4, -0.2) is 35.5 Å². The predicted octanol–water partition coefficient (Wildman–Crippen LogP) is 4.57. The Balaban J connectivity index is 1.32. The topological polar surface area (TPSA) is 101 Å². The number of imidazole rings is 1. The van der Waals surface area contributed by atoms with E-state index in [1.165, 1.54) is 6.33 Å². The first kappa shape index (κ1) is 20.7. The molecule has 2 N–H and O–H groups in total. The highest BCUT2D eigenvalue weighted by Crippen LogP contribution is 2.29. The van der Waals surface area contributed by atoms with Gasteiger partial charge in [0, 0.05) is 23.0 Å². The number of hydrogen-bond donors (Lipinski definition) is 2. The monoisotopic (exact) mass is 459 g/mol. The number of H-pyrrole nitrogens is 1. The summed E-state index contributed by atoms with van der Waals surface area (Å²) in [5, 5.41) is 9.34. The van der Waals surface area contributed by atoms with Crippen molar-refractivity contribution in [3.63, 3.8) is 0 Å². The molecule has 0 saturated carbocycles. The Bertz CT molecular complexity index is 1700. The third kappa shape index (κ3) is 4.02. The van der Waals surface area contributed by atoms with Gasteiger partial charge in [0.2, 0.25) is 0 Å². The summed E-state index contributed by atoms with van der Waals surface area (Å²) in [6.07, 6.45) is 3.40. The predicted molar refractivity (Wildman–Crippen MR) is 134 cm³/mol. The molecule has 0 radical (unpaired) electrons. The number of aromatic nitrogens is 6. The number of aryl methyl sites for hydroxylation is 1. The van der Waals surface area contributed by atoms with Crippen LogP contribution in [0.4, 0.5) is 0 Å². The zero-order valence-corrected chi connectivity index (χ0v) is 18.9. The second kappa shape index (κ2) is 8.49. The Hall–Kier alpha value is -4.85. The maximum absolute atomic E-state index is 12.9. The third-order valence-corrected chi connectivity index (χ3v) is 5.87. The Morgan fingerprint density at radius 3 is 2.74 bits per heavy atom. The summed E-state index contributed by atoms with van der Waals surface area (Å²) in [6.45, 7) is 2.20. The molecule has 0 aliphatic heterocycles. The Morgan fingerprint density at radius 2 is 1.86 bits per heavy atom. The lowest BCUT2D eigenvalue weighted by Gasteiger charge is -2.05. The number of hydrogen-bond acceptors (Lipinski definition) is 5. The Labute approximate surface area is 200 Å². The molecular formula is C27H21N7O. The average molecular weight is 460 g/mol. The summed E-state index contributed by atoms with van der Waals surface area (Å²) in [5.74, 6) is 0.471. The van der Waals surface area contributed by atoms with Gasteiger partial charge in [0.05, 0.1) is 23.6 Å². The van der Waals surface area contributed by atoms with Gasteiger partial charge in [-0.1, -0.05) is 36.4 Å². The molecule has 170 valence electrons. The van der Waals surface area contributed by atoms with E-state index in [-0.39, 0.29) is 12.5 Å². The first-order chi connectivity index (χ1) is 17.1. The van der Waals surface area contributed by atoms with Crippen LogP contribution >= 0.6 is 0 Å². The summed E-state index contributed by atoms with van der Waals surface area (Å²) >= 11 is 0. The van der Waals surface area contributed by atoms with Crippen molar-refractivity contribution in [1.29, 1.82) is 0 Å². The van der Waals surface area contributed by atoms with Crippen molar-refractivity contribution in [1.82, 2.24) is 34.9 Å². The van der Waals surface area contributed by atoms with E-state index in [4.69, 9.17) is 4.98 Å². The van der Waals surface area contributed by atoms with Gasteiger partial charge in [-0.05, 0) is 54.1 Å². The van der Waals surface area contributed by atoms with Crippen LogP contribution in [0.3, 0.4) is 0 Å². The highest BCUT2D eigenvalue weighted by atomic mass is 16.1. The molecule has 0 fully saturated rings. The van der Waals surface area contributed by atoms with Crippen molar-refractivity contribution in [2.45, 2.75) is 13.5 Å². The largest absolute Gasteiger partial charge is 0.345 e. The summed E-state index contributed by atoms with van der Waals surface area (Å²) in [7, 11) is 0. The molecule has 4 heterocycles. The molecule has 4 aromatic heterocycles. The number of carbonyl (C=O) groups excluding carboxylic acids is 1. The lowest BCUT2D eigenvalue weighted by atomic mass is 10.1. The summed E-state index contributed by atoms with van der Waals surface area (Å²) in [5.41, 5.74) is 5.41. The number of nitrogens with zero attached hydrogens (tertiary/aromatic N) is 5. The fraction of sp³-hybridized carbons (Fsp3) is 0.0741. The summed E-state index contributed by atoms with van der Waals surface area (Å²) < 4.78 is 1.71. The minimum atomic E-state index is -0.159. The first-order valence-electron chi connectivity index (χ1n) is 11.2. The number of fused-ring (bicyclic) bond motifs is 2. The third-order valence-electron chi connectivity index (χ3n) is 5.87. The van der Waals surface area contributed by atoms with Crippen LogP contribution in [0, 0.1) is 6.92 Å². The van der Waals surface area contributed by atoms with Crippen LogP contribution < -0.4 is 5.32 Å². The zero-order chi connectivity index (χ0) is 23.8. The van der Waals surface area contributed by atoms with Crippen molar-refractivity contribution in [2.24, 2.45) is 0 Å². The molecular weight excluding hydrogens is 438 g/mol. The van der Waals surface area contributed by atoms with Crippen molar-refractivity contribution in [3.8, 4) is 22.6 Å². The molecule has 1 amide bonds. The highest BCUT2D eigenvalue weighted by Gasteiger charge is 2.17. The number of amides is 1. The molecule has 0 atom stereocenters. The van der Waals surface area contributed by atoms with Crippen LogP contribution in [0.1, 0.15) is 21.9 Å². The molecule has 0 aliphatic rings. The molecule has 8 heteroatoms. The van der Waals surface area contributed by atoms with Gasteiger partial charge in [-0.3, -0.25) is 9.78 Å². The van der Waals surface area contributed by atoms with Gasteiger partial charge in [0.15, 0.2) is 5.65 Å². The number of carbonyl (C=O) groups is 1. The van der Waals surface area contributed by atoms with Crippen LogP contribution in [-0.2, 0) is 6.54 Å². The molecule has 8 nitrogen and oxygen atoms in total. The van der Waals surface area contributed by atoms with Gasteiger partial charge in [-0.25, -0.2) is 14.5 Å². The van der Waals surface area contributed by atoms with Crippen molar-refractivity contribution in [3.05, 3.63) is 102 Å². The van der Waals surface area contributed by atoms with Crippen molar-refractivity contribution in [2.75, 3.05) is 0 Å². The molecule has 6 aromatic rings. The van der Waals surface area contributed by atoms with Crippen molar-refractivity contribution >= 4 is 22.3 Å². The van der Waals surface area contributed by atoms with Gasteiger partial charge in [0.25, 0.3) is 5.91 Å². The molecule has 0 unspecified atom stereocenters. The molecule has 35 heavy (non-hydrogen) atoms. The number of rotatable bonds is 5. The quantitative estimate of drug-likeness (QED) is 0.393. The lowest BCUT2D eigenvalue weighted by Crippen LogP contribution is -2.23. The molecule has 0 aliphatic carbocycles. The summed E-state index contributed by atoms with van der Waals surface area (Å²) in [4.78, 5) is 29.9. The molecule has 6 rings (SSSR count). The SMILES string of the molecule is Cc1cccc(-c2[nH]c(CNC(=O)c3ccc4ccccc4c3)nc2-c2ccc3ncnn3c2)n1. The van der Waals surface area contributed by atoms with Gasteiger partial charge in [0.1, 0.15) is 12.2 Å². The minimum Gasteiger partial charge on any atom is -0.345 e. The second-order valence-corrected chi connectivity index (χ2v) is 8.30. The molecule has 0 bridgehead atoms. The van der Waals surface area contributed by atoms with Crippen molar-refractivity contribution < 1.29 is 4.79 Å². The Morgan fingerprint density at radius 1 is 0.971 bits per heavy atom. The van der Waals surface area contributed by atoms with E-state index in [9.17, 15) is 4.79 Å². The van der Waals surface area contributed by atoms with Gasteiger partial charge in [-0.2, -0.15) is 5.10 Å². The van der Waals surface area contributed by atoms with Crippen LogP contribution in [0.15, 0.2) is 85.3 Å². The van der Waals surface area contributed by atoms with Gasteiger partial charge >= 0.3 is 0 Å². The summed E-state index contributed by atoms with van der Waals surface area (Å²) in [6, 6.07) is 23.4. The van der Waals surface area contributed by atoms with E-state index in [1.807, 2.05) is 85.9 Å². The highest BCUT2D eigenvalue weighted by molar-refractivity contribution is 5.98. The number of nitrogens with one attached hydrogen (secondary N) is 2. The second-order valence-electron chi connectivity index (χ2n) is 8.30. The molecule has 0 spiro atoms. The van der Waals surface area contributed by atoms with E-state index in [1.54, 1.807) is 4.52 Å². The van der Waals surface area contributed by atoms with E-state index in [0.717, 1.165) is 44.8 Å². The van der Waals surface area contributed by atoms with E-state index < -0.39 is 0 Å². The fourth-order valence-corrected chi connectivity index (χ4v) is 4.14. The van der Waals surface area contributed by atoms with Gasteiger partial charge < -0.3 is 10.3 Å².